The van der Waals surface area contributed by atoms with Crippen LogP contribution in [0.15, 0.2) is 47.4 Å². The number of nitrogens with zero attached hydrogens (tertiary/aromatic N) is 2. The van der Waals surface area contributed by atoms with Gasteiger partial charge in [0.2, 0.25) is 15.9 Å². The van der Waals surface area contributed by atoms with Gasteiger partial charge in [0.25, 0.3) is 5.91 Å². The van der Waals surface area contributed by atoms with Gasteiger partial charge in [-0.1, -0.05) is 30.7 Å². The molecule has 0 atom stereocenters. The SMILES string of the molecule is CCc1ccc(C(=O)N(C)CC(=O)Nc2ccc(Cl)c(S(=O)(=O)N3CCOCC3)c2)cc1. The first-order valence-electron chi connectivity index (χ1n) is 10.2. The Labute approximate surface area is 193 Å². The van der Waals surface area contributed by atoms with Crippen molar-refractivity contribution in [2.24, 2.45) is 0 Å². The van der Waals surface area contributed by atoms with E-state index in [-0.39, 0.29) is 41.1 Å². The largest absolute Gasteiger partial charge is 0.379 e. The highest BCUT2D eigenvalue weighted by Crippen LogP contribution is 2.28. The number of nitrogens with one attached hydrogen (secondary N) is 1. The molecule has 0 bridgehead atoms. The van der Waals surface area contributed by atoms with Crippen LogP contribution >= 0.6 is 11.6 Å². The van der Waals surface area contributed by atoms with Crippen molar-refractivity contribution in [3.8, 4) is 0 Å². The number of ether oxygens (including phenoxy) is 1. The number of morpholine rings is 1. The third kappa shape index (κ3) is 5.66. The molecule has 10 heteroatoms. The molecule has 1 saturated heterocycles. The zero-order valence-corrected chi connectivity index (χ0v) is 19.6. The number of sulfonamides is 1. The minimum atomic E-state index is -3.82. The van der Waals surface area contributed by atoms with Crippen LogP contribution in [-0.4, -0.2) is 69.3 Å². The summed E-state index contributed by atoms with van der Waals surface area (Å²) < 4.78 is 32.4. The van der Waals surface area contributed by atoms with Gasteiger partial charge in [-0.25, -0.2) is 8.42 Å². The van der Waals surface area contributed by atoms with E-state index in [9.17, 15) is 18.0 Å². The summed E-state index contributed by atoms with van der Waals surface area (Å²) >= 11 is 6.15. The molecule has 3 rings (SSSR count). The molecule has 172 valence electrons. The van der Waals surface area contributed by atoms with E-state index in [1.165, 1.54) is 34.5 Å². The third-order valence-corrected chi connectivity index (χ3v) is 7.52. The topological polar surface area (TPSA) is 96.0 Å². The number of carbonyl (C=O) groups is 2. The van der Waals surface area contributed by atoms with E-state index >= 15 is 0 Å². The van der Waals surface area contributed by atoms with Crippen molar-refractivity contribution < 1.29 is 22.7 Å². The number of halogens is 1. The normalized spacial score (nSPS) is 14.7. The molecule has 0 saturated carbocycles. The highest BCUT2D eigenvalue weighted by Gasteiger charge is 2.28. The van der Waals surface area contributed by atoms with Crippen LogP contribution in [0.1, 0.15) is 22.8 Å². The Morgan fingerprint density at radius 2 is 1.78 bits per heavy atom. The van der Waals surface area contributed by atoms with Gasteiger partial charge in [-0.3, -0.25) is 9.59 Å². The van der Waals surface area contributed by atoms with Crippen molar-refractivity contribution >= 4 is 39.1 Å². The molecule has 0 aliphatic carbocycles. The summed E-state index contributed by atoms with van der Waals surface area (Å²) in [4.78, 5) is 26.3. The molecule has 1 fully saturated rings. The molecule has 1 heterocycles. The van der Waals surface area contributed by atoms with Crippen molar-refractivity contribution in [1.29, 1.82) is 0 Å². The second-order valence-corrected chi connectivity index (χ2v) is 9.74. The molecule has 1 aliphatic rings. The minimum absolute atomic E-state index is 0.0670. The summed E-state index contributed by atoms with van der Waals surface area (Å²) in [6.07, 6.45) is 0.872. The molecule has 32 heavy (non-hydrogen) atoms. The molecule has 0 aromatic heterocycles. The van der Waals surface area contributed by atoms with E-state index in [0.717, 1.165) is 12.0 Å². The molecule has 0 unspecified atom stereocenters. The molecular formula is C22H26ClN3O5S. The first-order valence-corrected chi connectivity index (χ1v) is 12.1. The molecule has 0 radical (unpaired) electrons. The fourth-order valence-electron chi connectivity index (χ4n) is 3.30. The lowest BCUT2D eigenvalue weighted by atomic mass is 10.1. The molecule has 2 amide bonds. The van der Waals surface area contributed by atoms with Gasteiger partial charge >= 0.3 is 0 Å². The first kappa shape index (κ1) is 24.2. The lowest BCUT2D eigenvalue weighted by Gasteiger charge is -2.26. The summed E-state index contributed by atoms with van der Waals surface area (Å²) in [6.45, 7) is 2.94. The van der Waals surface area contributed by atoms with E-state index in [1.807, 2.05) is 19.1 Å². The van der Waals surface area contributed by atoms with Gasteiger partial charge < -0.3 is 15.0 Å². The number of hydrogen-bond acceptors (Lipinski definition) is 5. The summed E-state index contributed by atoms with van der Waals surface area (Å²) in [5.41, 5.74) is 1.88. The Bertz CT molecular complexity index is 1080. The molecule has 1 N–H and O–H groups in total. The van der Waals surface area contributed by atoms with Gasteiger partial charge in [-0.15, -0.1) is 0 Å². The lowest BCUT2D eigenvalue weighted by Crippen LogP contribution is -2.40. The van der Waals surface area contributed by atoms with Crippen molar-refractivity contribution in [3.05, 3.63) is 58.6 Å². The molecule has 2 aromatic carbocycles. The molecular weight excluding hydrogens is 454 g/mol. The van der Waals surface area contributed by atoms with E-state index in [1.54, 1.807) is 12.1 Å². The zero-order valence-electron chi connectivity index (χ0n) is 18.0. The number of carbonyl (C=O) groups excluding carboxylic acids is 2. The standard InChI is InChI=1S/C22H26ClN3O5S/c1-3-16-4-6-17(7-5-16)22(28)25(2)15-21(27)24-18-8-9-19(23)20(14-18)32(29,30)26-10-12-31-13-11-26/h4-9,14H,3,10-13,15H2,1-2H3,(H,24,27). The van der Waals surface area contributed by atoms with Crippen LogP contribution < -0.4 is 5.32 Å². The Balaban J connectivity index is 1.68. The van der Waals surface area contributed by atoms with Crippen LogP contribution in [0.25, 0.3) is 0 Å². The van der Waals surface area contributed by atoms with Crippen LogP contribution in [0.5, 0.6) is 0 Å². The number of benzene rings is 2. The van der Waals surface area contributed by atoms with Gasteiger partial charge in [-0.2, -0.15) is 4.31 Å². The fourth-order valence-corrected chi connectivity index (χ4v) is 5.20. The summed E-state index contributed by atoms with van der Waals surface area (Å²) in [7, 11) is -2.29. The minimum Gasteiger partial charge on any atom is -0.379 e. The predicted octanol–water partition coefficient (Wildman–Crippen LogP) is 2.63. The van der Waals surface area contributed by atoms with Crippen molar-refractivity contribution in [3.63, 3.8) is 0 Å². The highest BCUT2D eigenvalue weighted by atomic mass is 35.5. The Hall–Kier alpha value is -2.46. The lowest BCUT2D eigenvalue weighted by molar-refractivity contribution is -0.116. The molecule has 8 nitrogen and oxygen atoms in total. The number of rotatable bonds is 7. The van der Waals surface area contributed by atoms with Crippen molar-refractivity contribution in [2.75, 3.05) is 45.2 Å². The third-order valence-electron chi connectivity index (χ3n) is 5.14. The first-order chi connectivity index (χ1) is 15.2. The molecule has 2 aromatic rings. The van der Waals surface area contributed by atoms with Crippen molar-refractivity contribution in [1.82, 2.24) is 9.21 Å². The predicted molar refractivity (Wildman–Crippen MR) is 122 cm³/mol. The zero-order chi connectivity index (χ0) is 23.3. The Morgan fingerprint density at radius 3 is 2.41 bits per heavy atom. The fraction of sp³-hybridized carbons (Fsp3) is 0.364. The van der Waals surface area contributed by atoms with E-state index in [2.05, 4.69) is 5.32 Å². The van der Waals surface area contributed by atoms with Gasteiger partial charge in [0.05, 0.1) is 24.8 Å². The van der Waals surface area contributed by atoms with Gasteiger partial charge in [0.1, 0.15) is 4.90 Å². The van der Waals surface area contributed by atoms with Crippen LogP contribution in [0.4, 0.5) is 5.69 Å². The van der Waals surface area contributed by atoms with Crippen LogP contribution in [0, 0.1) is 0 Å². The van der Waals surface area contributed by atoms with E-state index in [0.29, 0.717) is 18.8 Å². The van der Waals surface area contributed by atoms with Gasteiger partial charge in [0, 0.05) is 31.4 Å². The van der Waals surface area contributed by atoms with Crippen LogP contribution in [0.3, 0.4) is 0 Å². The van der Waals surface area contributed by atoms with E-state index in [4.69, 9.17) is 16.3 Å². The van der Waals surface area contributed by atoms with E-state index < -0.39 is 15.9 Å². The summed E-state index contributed by atoms with van der Waals surface area (Å²) in [6, 6.07) is 11.5. The average molecular weight is 480 g/mol. The Morgan fingerprint density at radius 1 is 1.12 bits per heavy atom. The monoisotopic (exact) mass is 479 g/mol. The van der Waals surface area contributed by atoms with Crippen molar-refractivity contribution in [2.45, 2.75) is 18.2 Å². The number of amides is 2. The molecule has 1 aliphatic heterocycles. The smallest absolute Gasteiger partial charge is 0.254 e. The van der Waals surface area contributed by atoms with Gasteiger partial charge in [-0.05, 0) is 42.3 Å². The second kappa shape index (κ2) is 10.4. The maximum atomic E-state index is 12.9. The molecule has 0 spiro atoms. The number of hydrogen-bond donors (Lipinski definition) is 1. The summed E-state index contributed by atoms with van der Waals surface area (Å²) in [5, 5.41) is 2.71. The summed E-state index contributed by atoms with van der Waals surface area (Å²) in [5.74, 6) is -0.738. The second-order valence-electron chi connectivity index (χ2n) is 7.42. The number of likely N-dealkylation sites (N-methyl/N-ethyl adjacent to an activating group) is 1. The highest BCUT2D eigenvalue weighted by molar-refractivity contribution is 7.89. The van der Waals surface area contributed by atoms with Crippen LogP contribution in [-0.2, 0) is 26.0 Å². The quantitative estimate of drug-likeness (QED) is 0.658. The number of aryl methyl sites for hydroxylation is 1. The number of anilines is 1. The maximum Gasteiger partial charge on any atom is 0.254 e. The Kier molecular flexibility index (Phi) is 7.89. The van der Waals surface area contributed by atoms with Gasteiger partial charge in [0.15, 0.2) is 0 Å². The maximum absolute atomic E-state index is 12.9. The average Bonchev–Trinajstić information content (AvgIpc) is 2.80. The van der Waals surface area contributed by atoms with Crippen LogP contribution in [0.2, 0.25) is 5.02 Å².